The summed E-state index contributed by atoms with van der Waals surface area (Å²) >= 11 is 0. The molecule has 29 heavy (non-hydrogen) atoms. The van der Waals surface area contributed by atoms with Gasteiger partial charge in [0.15, 0.2) is 0 Å². The smallest absolute Gasteiger partial charge is 0.340 e. The Kier molecular flexibility index (Phi) is 11.3. The molecule has 0 bridgehead atoms. The molecule has 8 nitrogen and oxygen atoms in total. The van der Waals surface area contributed by atoms with Crippen molar-refractivity contribution in [3.05, 3.63) is 46.5 Å². The number of non-ortho nitro benzene ring substituents is 1. The van der Waals surface area contributed by atoms with E-state index in [1.54, 1.807) is 13.0 Å². The van der Waals surface area contributed by atoms with Crippen LogP contribution in [-0.2, 0) is 14.3 Å². The molecule has 0 saturated heterocycles. The molecule has 160 valence electrons. The topological polar surface area (TPSA) is 99.0 Å². The lowest BCUT2D eigenvalue weighted by Crippen LogP contribution is -2.36. The lowest BCUT2D eigenvalue weighted by Gasteiger charge is -2.24. The minimum atomic E-state index is -0.631. The van der Waals surface area contributed by atoms with Gasteiger partial charge in [0.1, 0.15) is 6.61 Å². The van der Waals surface area contributed by atoms with Crippen LogP contribution in [0.1, 0.15) is 56.3 Å². The van der Waals surface area contributed by atoms with Gasteiger partial charge in [0, 0.05) is 25.3 Å². The number of allylic oxidation sites excluding steroid dienone is 1. The number of esters is 1. The minimum absolute atomic E-state index is 0.114. The SMILES string of the molecule is C=CCCCCN(C(=O)COCCCC)c1cc([N+](=O)[O-])ccc1C(=O)OCC. The Morgan fingerprint density at radius 1 is 1.24 bits per heavy atom. The van der Waals surface area contributed by atoms with E-state index in [9.17, 15) is 19.7 Å². The molecule has 0 saturated carbocycles. The molecule has 0 N–H and O–H groups in total. The molecular formula is C21H30N2O6. The summed E-state index contributed by atoms with van der Waals surface area (Å²) in [6, 6.07) is 3.80. The van der Waals surface area contributed by atoms with Gasteiger partial charge in [-0.25, -0.2) is 4.79 Å². The zero-order chi connectivity index (χ0) is 21.6. The van der Waals surface area contributed by atoms with E-state index in [0.29, 0.717) is 19.6 Å². The minimum Gasteiger partial charge on any atom is -0.462 e. The molecule has 0 aromatic heterocycles. The Labute approximate surface area is 171 Å². The van der Waals surface area contributed by atoms with Crippen LogP contribution in [0.4, 0.5) is 11.4 Å². The molecule has 0 heterocycles. The molecule has 1 amide bonds. The molecule has 0 spiro atoms. The molecule has 0 fully saturated rings. The number of nitrogens with zero attached hydrogens (tertiary/aromatic N) is 2. The van der Waals surface area contributed by atoms with E-state index in [4.69, 9.17) is 9.47 Å². The molecule has 0 aliphatic heterocycles. The lowest BCUT2D eigenvalue weighted by molar-refractivity contribution is -0.384. The predicted octanol–water partition coefficient (Wildman–Crippen LogP) is 4.28. The third kappa shape index (κ3) is 8.03. The van der Waals surface area contributed by atoms with Crippen molar-refractivity contribution in [3.63, 3.8) is 0 Å². The van der Waals surface area contributed by atoms with Crippen LogP contribution >= 0.6 is 0 Å². The van der Waals surface area contributed by atoms with Gasteiger partial charge < -0.3 is 14.4 Å². The first-order valence-electron chi connectivity index (χ1n) is 9.90. The van der Waals surface area contributed by atoms with Gasteiger partial charge >= 0.3 is 5.97 Å². The second kappa shape index (κ2) is 13.4. The standard InChI is InChI=1S/C21H30N2O6/c1-4-7-9-10-13-22(20(24)16-28-14-8-5-2)19-15-17(23(26)27)11-12-18(19)21(25)29-6-3/h4,11-12,15H,1,5-10,13-14,16H2,2-3H3. The fourth-order valence-corrected chi connectivity index (χ4v) is 2.66. The van der Waals surface area contributed by atoms with E-state index in [-0.39, 0.29) is 36.1 Å². The summed E-state index contributed by atoms with van der Waals surface area (Å²) in [7, 11) is 0. The summed E-state index contributed by atoms with van der Waals surface area (Å²) in [4.78, 5) is 37.3. The van der Waals surface area contributed by atoms with Crippen LogP contribution in [0.15, 0.2) is 30.9 Å². The number of nitro benzene ring substituents is 1. The van der Waals surface area contributed by atoms with Gasteiger partial charge in [-0.1, -0.05) is 19.4 Å². The van der Waals surface area contributed by atoms with Gasteiger partial charge in [0.25, 0.3) is 11.6 Å². The maximum absolute atomic E-state index is 12.8. The van der Waals surface area contributed by atoms with Crippen LogP contribution in [-0.4, -0.2) is 43.2 Å². The van der Waals surface area contributed by atoms with Gasteiger partial charge in [0.05, 0.1) is 22.8 Å². The third-order valence-corrected chi connectivity index (χ3v) is 4.19. The average molecular weight is 406 g/mol. The molecule has 0 unspecified atom stereocenters. The fourth-order valence-electron chi connectivity index (χ4n) is 2.66. The Morgan fingerprint density at radius 2 is 2.00 bits per heavy atom. The maximum atomic E-state index is 12.8. The highest BCUT2D eigenvalue weighted by atomic mass is 16.6. The lowest BCUT2D eigenvalue weighted by atomic mass is 10.1. The van der Waals surface area contributed by atoms with Crippen LogP contribution in [0.25, 0.3) is 0 Å². The second-order valence-electron chi connectivity index (χ2n) is 6.42. The van der Waals surface area contributed by atoms with Crippen LogP contribution < -0.4 is 4.90 Å². The maximum Gasteiger partial charge on any atom is 0.340 e. The van der Waals surface area contributed by atoms with Crippen LogP contribution in [0, 0.1) is 10.1 Å². The molecule has 8 heteroatoms. The highest BCUT2D eigenvalue weighted by molar-refractivity contribution is 6.03. The summed E-state index contributed by atoms with van der Waals surface area (Å²) in [6.45, 7) is 8.12. The number of anilines is 1. The number of hydrogen-bond acceptors (Lipinski definition) is 6. The summed E-state index contributed by atoms with van der Waals surface area (Å²) in [5, 5.41) is 11.2. The molecular weight excluding hydrogens is 376 g/mol. The van der Waals surface area contributed by atoms with E-state index in [2.05, 4.69) is 6.58 Å². The first-order chi connectivity index (χ1) is 14.0. The number of nitro groups is 1. The van der Waals surface area contributed by atoms with Crippen LogP contribution in [0.2, 0.25) is 0 Å². The van der Waals surface area contributed by atoms with E-state index >= 15 is 0 Å². The Bertz CT molecular complexity index is 704. The number of carbonyl (C=O) groups is 2. The van der Waals surface area contributed by atoms with Crippen molar-refractivity contribution in [2.24, 2.45) is 0 Å². The number of carbonyl (C=O) groups excluding carboxylic acids is 2. The van der Waals surface area contributed by atoms with E-state index in [0.717, 1.165) is 25.7 Å². The molecule has 0 aliphatic carbocycles. The molecule has 1 aromatic carbocycles. The van der Waals surface area contributed by atoms with E-state index in [1.165, 1.54) is 23.1 Å². The van der Waals surface area contributed by atoms with Crippen molar-refractivity contribution in [2.45, 2.75) is 46.0 Å². The largest absolute Gasteiger partial charge is 0.462 e. The van der Waals surface area contributed by atoms with Crippen molar-refractivity contribution in [3.8, 4) is 0 Å². The number of unbranched alkanes of at least 4 members (excludes halogenated alkanes) is 3. The van der Waals surface area contributed by atoms with E-state index < -0.39 is 10.9 Å². The monoisotopic (exact) mass is 406 g/mol. The predicted molar refractivity (Wildman–Crippen MR) is 111 cm³/mol. The zero-order valence-electron chi connectivity index (χ0n) is 17.2. The van der Waals surface area contributed by atoms with Crippen molar-refractivity contribution >= 4 is 23.3 Å². The number of rotatable bonds is 14. The van der Waals surface area contributed by atoms with Crippen molar-refractivity contribution in [1.29, 1.82) is 0 Å². The third-order valence-electron chi connectivity index (χ3n) is 4.19. The number of benzene rings is 1. The Hall–Kier alpha value is -2.74. The molecule has 0 radical (unpaired) electrons. The summed E-state index contributed by atoms with van der Waals surface area (Å²) in [5.74, 6) is -0.987. The normalized spacial score (nSPS) is 10.4. The van der Waals surface area contributed by atoms with Gasteiger partial charge in [-0.05, 0) is 38.7 Å². The number of hydrogen-bond donors (Lipinski definition) is 0. The van der Waals surface area contributed by atoms with Crippen molar-refractivity contribution in [1.82, 2.24) is 0 Å². The average Bonchev–Trinajstić information content (AvgIpc) is 2.71. The highest BCUT2D eigenvalue weighted by Gasteiger charge is 2.25. The van der Waals surface area contributed by atoms with Gasteiger partial charge in [0.2, 0.25) is 0 Å². The van der Waals surface area contributed by atoms with Gasteiger partial charge in [-0.15, -0.1) is 6.58 Å². The summed E-state index contributed by atoms with van der Waals surface area (Å²) < 4.78 is 10.5. The van der Waals surface area contributed by atoms with Gasteiger partial charge in [-0.2, -0.15) is 0 Å². The molecule has 1 aromatic rings. The number of amides is 1. The first kappa shape index (κ1) is 24.3. The molecule has 1 rings (SSSR count). The molecule has 0 aliphatic rings. The molecule has 0 atom stereocenters. The fraction of sp³-hybridized carbons (Fsp3) is 0.524. The number of ether oxygens (including phenoxy) is 2. The Morgan fingerprint density at radius 3 is 2.62 bits per heavy atom. The van der Waals surface area contributed by atoms with Crippen molar-refractivity contribution < 1.29 is 24.0 Å². The quantitative estimate of drug-likeness (QED) is 0.150. The van der Waals surface area contributed by atoms with Crippen LogP contribution in [0.3, 0.4) is 0 Å². The summed E-state index contributed by atoms with van der Waals surface area (Å²) in [5.41, 5.74) is 0.0762. The summed E-state index contributed by atoms with van der Waals surface area (Å²) in [6.07, 6.45) is 5.80. The van der Waals surface area contributed by atoms with E-state index in [1.807, 2.05) is 6.92 Å². The Balaban J connectivity index is 3.21. The van der Waals surface area contributed by atoms with Crippen molar-refractivity contribution in [2.75, 3.05) is 31.3 Å². The zero-order valence-corrected chi connectivity index (χ0v) is 17.2. The van der Waals surface area contributed by atoms with Crippen LogP contribution in [0.5, 0.6) is 0 Å². The van der Waals surface area contributed by atoms with Gasteiger partial charge in [-0.3, -0.25) is 14.9 Å². The second-order valence-corrected chi connectivity index (χ2v) is 6.42. The highest BCUT2D eigenvalue weighted by Crippen LogP contribution is 2.28. The first-order valence-corrected chi connectivity index (χ1v) is 9.90.